The summed E-state index contributed by atoms with van der Waals surface area (Å²) in [6, 6.07) is 3.91. The zero-order valence-corrected chi connectivity index (χ0v) is 8.92. The standard InChI is InChI=1S/C10H12ClN3O/c11-9-4-3-8(5-13-9)14-10(15)6-12-7-1-2-7/h3-5,7,12H,1-2,6H2,(H,14,15). The summed E-state index contributed by atoms with van der Waals surface area (Å²) in [6.45, 7) is 0.354. The van der Waals surface area contributed by atoms with E-state index in [0.29, 0.717) is 23.4 Å². The van der Waals surface area contributed by atoms with Gasteiger partial charge in [-0.25, -0.2) is 4.98 Å². The first kappa shape index (κ1) is 10.4. The minimum absolute atomic E-state index is 0.0500. The molecule has 80 valence electrons. The first-order chi connectivity index (χ1) is 7.24. The average Bonchev–Trinajstić information content (AvgIpc) is 3.02. The van der Waals surface area contributed by atoms with Crippen LogP contribution in [0.5, 0.6) is 0 Å². The van der Waals surface area contributed by atoms with Crippen LogP contribution in [0.15, 0.2) is 18.3 Å². The molecule has 1 aliphatic carbocycles. The van der Waals surface area contributed by atoms with Crippen LogP contribution in [0.3, 0.4) is 0 Å². The molecule has 0 aliphatic heterocycles. The number of hydrogen-bond donors (Lipinski definition) is 2. The van der Waals surface area contributed by atoms with E-state index >= 15 is 0 Å². The maximum Gasteiger partial charge on any atom is 0.238 e. The van der Waals surface area contributed by atoms with Gasteiger partial charge in [0.15, 0.2) is 0 Å². The van der Waals surface area contributed by atoms with Crippen LogP contribution in [0, 0.1) is 0 Å². The number of hydrogen-bond acceptors (Lipinski definition) is 3. The third kappa shape index (κ3) is 3.49. The van der Waals surface area contributed by atoms with Gasteiger partial charge in [0.05, 0.1) is 18.4 Å². The van der Waals surface area contributed by atoms with Crippen LogP contribution in [0.25, 0.3) is 0 Å². The topological polar surface area (TPSA) is 54.0 Å². The van der Waals surface area contributed by atoms with E-state index in [1.165, 1.54) is 19.0 Å². The van der Waals surface area contributed by atoms with Gasteiger partial charge in [0.1, 0.15) is 5.15 Å². The summed E-state index contributed by atoms with van der Waals surface area (Å²) in [7, 11) is 0. The quantitative estimate of drug-likeness (QED) is 0.763. The van der Waals surface area contributed by atoms with E-state index in [1.807, 2.05) is 0 Å². The fourth-order valence-corrected chi connectivity index (χ4v) is 1.29. The predicted octanol–water partition coefficient (Wildman–Crippen LogP) is 1.43. The molecule has 15 heavy (non-hydrogen) atoms. The van der Waals surface area contributed by atoms with Crippen molar-refractivity contribution in [3.8, 4) is 0 Å². The molecule has 0 spiro atoms. The first-order valence-electron chi connectivity index (χ1n) is 4.89. The maximum atomic E-state index is 11.4. The molecule has 0 saturated heterocycles. The molecule has 1 fully saturated rings. The Morgan fingerprint density at radius 1 is 1.53 bits per heavy atom. The van der Waals surface area contributed by atoms with Gasteiger partial charge in [-0.05, 0) is 25.0 Å². The van der Waals surface area contributed by atoms with Crippen molar-refractivity contribution in [2.75, 3.05) is 11.9 Å². The lowest BCUT2D eigenvalue weighted by atomic mass is 10.4. The Kier molecular flexibility index (Phi) is 3.18. The number of nitrogens with one attached hydrogen (secondary N) is 2. The van der Waals surface area contributed by atoms with Gasteiger partial charge in [-0.2, -0.15) is 0 Å². The summed E-state index contributed by atoms with van der Waals surface area (Å²) >= 11 is 5.62. The van der Waals surface area contributed by atoms with Gasteiger partial charge in [0, 0.05) is 6.04 Å². The van der Waals surface area contributed by atoms with E-state index in [1.54, 1.807) is 12.1 Å². The summed E-state index contributed by atoms with van der Waals surface area (Å²) < 4.78 is 0. The zero-order valence-electron chi connectivity index (χ0n) is 8.16. The Bertz CT molecular complexity index is 348. The molecule has 0 bridgehead atoms. The number of rotatable bonds is 4. The summed E-state index contributed by atoms with van der Waals surface area (Å²) in [5.41, 5.74) is 0.669. The molecule has 1 aliphatic rings. The number of carbonyl (C=O) groups is 1. The van der Waals surface area contributed by atoms with Crippen LogP contribution in [-0.2, 0) is 4.79 Å². The number of halogens is 1. The molecule has 0 aromatic carbocycles. The molecular formula is C10H12ClN3O. The van der Waals surface area contributed by atoms with E-state index in [4.69, 9.17) is 11.6 Å². The fourth-order valence-electron chi connectivity index (χ4n) is 1.18. The lowest BCUT2D eigenvalue weighted by Gasteiger charge is -2.05. The van der Waals surface area contributed by atoms with E-state index in [2.05, 4.69) is 15.6 Å². The van der Waals surface area contributed by atoms with Crippen molar-refractivity contribution in [1.82, 2.24) is 10.3 Å². The van der Waals surface area contributed by atoms with Gasteiger partial charge >= 0.3 is 0 Å². The molecule has 0 unspecified atom stereocenters. The molecule has 1 saturated carbocycles. The molecule has 1 heterocycles. The largest absolute Gasteiger partial charge is 0.324 e. The monoisotopic (exact) mass is 225 g/mol. The van der Waals surface area contributed by atoms with Gasteiger partial charge in [-0.1, -0.05) is 11.6 Å². The Balaban J connectivity index is 1.79. The summed E-state index contributed by atoms with van der Waals surface area (Å²) in [5, 5.41) is 6.28. The van der Waals surface area contributed by atoms with E-state index in [-0.39, 0.29) is 5.91 Å². The van der Waals surface area contributed by atoms with Gasteiger partial charge in [-0.3, -0.25) is 4.79 Å². The second kappa shape index (κ2) is 4.59. The number of anilines is 1. The van der Waals surface area contributed by atoms with E-state index in [0.717, 1.165) is 0 Å². The molecule has 2 rings (SSSR count). The minimum Gasteiger partial charge on any atom is -0.324 e. The lowest BCUT2D eigenvalue weighted by Crippen LogP contribution is -2.29. The highest BCUT2D eigenvalue weighted by atomic mass is 35.5. The third-order valence-corrected chi connectivity index (χ3v) is 2.36. The fraction of sp³-hybridized carbons (Fsp3) is 0.400. The van der Waals surface area contributed by atoms with Crippen molar-refractivity contribution in [1.29, 1.82) is 0 Å². The third-order valence-electron chi connectivity index (χ3n) is 2.14. The zero-order chi connectivity index (χ0) is 10.7. The highest BCUT2D eigenvalue weighted by Gasteiger charge is 2.20. The summed E-state index contributed by atoms with van der Waals surface area (Å²) in [6.07, 6.45) is 3.89. The van der Waals surface area contributed by atoms with Crippen molar-refractivity contribution >= 4 is 23.2 Å². The number of amides is 1. The molecule has 0 radical (unpaired) electrons. The highest BCUT2D eigenvalue weighted by Crippen LogP contribution is 2.18. The van der Waals surface area contributed by atoms with Crippen LogP contribution in [0.4, 0.5) is 5.69 Å². The van der Waals surface area contributed by atoms with Crippen molar-refractivity contribution < 1.29 is 4.79 Å². The number of nitrogens with zero attached hydrogens (tertiary/aromatic N) is 1. The second-order valence-corrected chi connectivity index (χ2v) is 3.96. The molecule has 5 heteroatoms. The first-order valence-corrected chi connectivity index (χ1v) is 5.26. The smallest absolute Gasteiger partial charge is 0.238 e. The van der Waals surface area contributed by atoms with Crippen molar-refractivity contribution in [2.24, 2.45) is 0 Å². The van der Waals surface area contributed by atoms with Gasteiger partial charge < -0.3 is 10.6 Å². The van der Waals surface area contributed by atoms with Crippen LogP contribution in [0.1, 0.15) is 12.8 Å². The Morgan fingerprint density at radius 3 is 2.93 bits per heavy atom. The normalized spacial score (nSPS) is 15.0. The van der Waals surface area contributed by atoms with Crippen molar-refractivity contribution in [3.63, 3.8) is 0 Å². The molecule has 1 amide bonds. The van der Waals surface area contributed by atoms with Gasteiger partial charge in [0.2, 0.25) is 5.91 Å². The average molecular weight is 226 g/mol. The van der Waals surface area contributed by atoms with Gasteiger partial charge in [-0.15, -0.1) is 0 Å². The van der Waals surface area contributed by atoms with E-state index < -0.39 is 0 Å². The summed E-state index contributed by atoms with van der Waals surface area (Å²) in [4.78, 5) is 15.3. The Morgan fingerprint density at radius 2 is 2.33 bits per heavy atom. The molecule has 0 atom stereocenters. The van der Waals surface area contributed by atoms with Crippen molar-refractivity contribution in [3.05, 3.63) is 23.5 Å². The van der Waals surface area contributed by atoms with Crippen LogP contribution >= 0.6 is 11.6 Å². The lowest BCUT2D eigenvalue weighted by molar-refractivity contribution is -0.115. The molecule has 4 nitrogen and oxygen atoms in total. The van der Waals surface area contributed by atoms with Crippen LogP contribution in [-0.4, -0.2) is 23.5 Å². The number of aromatic nitrogens is 1. The van der Waals surface area contributed by atoms with Crippen LogP contribution in [0.2, 0.25) is 5.15 Å². The Hall–Kier alpha value is -1.13. The van der Waals surface area contributed by atoms with Gasteiger partial charge in [0.25, 0.3) is 0 Å². The second-order valence-electron chi connectivity index (χ2n) is 3.57. The number of pyridine rings is 1. The summed E-state index contributed by atoms with van der Waals surface area (Å²) in [5.74, 6) is -0.0500. The molecular weight excluding hydrogens is 214 g/mol. The highest BCUT2D eigenvalue weighted by molar-refractivity contribution is 6.29. The van der Waals surface area contributed by atoms with E-state index in [9.17, 15) is 4.79 Å². The number of carbonyl (C=O) groups excluding carboxylic acids is 1. The Labute approximate surface area is 93.0 Å². The minimum atomic E-state index is -0.0500. The predicted molar refractivity (Wildman–Crippen MR) is 58.9 cm³/mol. The molecule has 1 aromatic heterocycles. The molecule has 1 aromatic rings. The van der Waals surface area contributed by atoms with Crippen LogP contribution < -0.4 is 10.6 Å². The molecule has 2 N–H and O–H groups in total. The van der Waals surface area contributed by atoms with Crippen molar-refractivity contribution in [2.45, 2.75) is 18.9 Å². The maximum absolute atomic E-state index is 11.4. The SMILES string of the molecule is O=C(CNC1CC1)Nc1ccc(Cl)nc1.